The summed E-state index contributed by atoms with van der Waals surface area (Å²) in [5.41, 5.74) is 9.37. The molecular formula is C17H15FN8O. The molecule has 0 spiro atoms. The summed E-state index contributed by atoms with van der Waals surface area (Å²) >= 11 is 0. The van der Waals surface area contributed by atoms with Gasteiger partial charge in [-0.3, -0.25) is 0 Å². The van der Waals surface area contributed by atoms with Crippen molar-refractivity contribution in [2.75, 3.05) is 23.7 Å². The quantitative estimate of drug-likeness (QED) is 0.567. The van der Waals surface area contributed by atoms with Gasteiger partial charge < -0.3 is 15.1 Å². The van der Waals surface area contributed by atoms with E-state index in [4.69, 9.17) is 15.1 Å². The Balaban J connectivity index is 1.52. The molecule has 5 heterocycles. The first-order chi connectivity index (χ1) is 13.0. The molecule has 0 aromatic carbocycles. The summed E-state index contributed by atoms with van der Waals surface area (Å²) in [7, 11) is 0. The smallest absolute Gasteiger partial charge is 0.249 e. The van der Waals surface area contributed by atoms with Gasteiger partial charge in [0.2, 0.25) is 11.7 Å². The van der Waals surface area contributed by atoms with Crippen molar-refractivity contribution in [1.82, 2.24) is 30.1 Å². The second-order valence-electron chi connectivity index (χ2n) is 6.64. The van der Waals surface area contributed by atoms with Gasteiger partial charge in [-0.25, -0.2) is 24.3 Å². The average molecular weight is 366 g/mol. The minimum Gasteiger partial charge on any atom is -0.431 e. The maximum atomic E-state index is 13.0. The molecule has 1 aliphatic heterocycles. The number of hydrogen-bond acceptors (Lipinski definition) is 9. The normalized spacial score (nSPS) is 14.9. The molecule has 0 atom stereocenters. The number of anilines is 2. The predicted molar refractivity (Wildman–Crippen MR) is 95.7 cm³/mol. The molecule has 0 radical (unpaired) electrons. The van der Waals surface area contributed by atoms with Gasteiger partial charge in [-0.1, -0.05) is 0 Å². The van der Waals surface area contributed by atoms with Gasteiger partial charge in [0, 0.05) is 13.1 Å². The summed E-state index contributed by atoms with van der Waals surface area (Å²) in [6, 6.07) is 0. The van der Waals surface area contributed by atoms with Gasteiger partial charge in [0.15, 0.2) is 17.2 Å². The molecule has 1 saturated heterocycles. The summed E-state index contributed by atoms with van der Waals surface area (Å²) < 4.78 is 18.7. The Kier molecular flexibility index (Phi) is 3.24. The summed E-state index contributed by atoms with van der Waals surface area (Å²) in [6.45, 7) is 5.10. The largest absolute Gasteiger partial charge is 0.431 e. The average Bonchev–Trinajstić information content (AvgIpc) is 2.99. The number of nitrogens with two attached hydrogens (primary N) is 1. The highest BCUT2D eigenvalue weighted by Gasteiger charge is 2.33. The predicted octanol–water partition coefficient (Wildman–Crippen LogP) is 1.90. The SMILES string of the molecule is Cc1nnc2oc3c(N)nc(C4CN(c5ncc(F)cn5)C4)nc3c2c1C. The fourth-order valence-corrected chi connectivity index (χ4v) is 3.25. The Bertz CT molecular complexity index is 1180. The Morgan fingerprint density at radius 1 is 1.15 bits per heavy atom. The van der Waals surface area contributed by atoms with Crippen molar-refractivity contribution in [1.29, 1.82) is 0 Å². The summed E-state index contributed by atoms with van der Waals surface area (Å²) in [4.78, 5) is 19.0. The van der Waals surface area contributed by atoms with Gasteiger partial charge >= 0.3 is 0 Å². The lowest BCUT2D eigenvalue weighted by Gasteiger charge is -2.38. The molecule has 4 aromatic rings. The van der Waals surface area contributed by atoms with Crippen molar-refractivity contribution in [3.8, 4) is 0 Å². The van der Waals surface area contributed by atoms with Crippen LogP contribution in [0.25, 0.3) is 22.2 Å². The van der Waals surface area contributed by atoms with Crippen LogP contribution in [0.5, 0.6) is 0 Å². The molecule has 5 rings (SSSR count). The molecule has 2 N–H and O–H groups in total. The number of halogens is 1. The highest BCUT2D eigenvalue weighted by molar-refractivity contribution is 6.05. The van der Waals surface area contributed by atoms with E-state index in [1.54, 1.807) is 0 Å². The van der Waals surface area contributed by atoms with E-state index in [1.165, 1.54) is 0 Å². The molecule has 9 nitrogen and oxygen atoms in total. The summed E-state index contributed by atoms with van der Waals surface area (Å²) in [5, 5.41) is 8.99. The maximum absolute atomic E-state index is 13.0. The summed E-state index contributed by atoms with van der Waals surface area (Å²) in [5.74, 6) is 1.01. The molecular weight excluding hydrogens is 351 g/mol. The Morgan fingerprint density at radius 2 is 1.89 bits per heavy atom. The molecule has 136 valence electrons. The number of aromatic nitrogens is 6. The zero-order valence-corrected chi connectivity index (χ0v) is 14.6. The molecule has 27 heavy (non-hydrogen) atoms. The van der Waals surface area contributed by atoms with Crippen LogP contribution in [0.15, 0.2) is 16.8 Å². The minimum atomic E-state index is -0.460. The lowest BCUT2D eigenvalue weighted by Crippen LogP contribution is -2.46. The fourth-order valence-electron chi connectivity index (χ4n) is 3.25. The number of aryl methyl sites for hydroxylation is 2. The van der Waals surface area contributed by atoms with E-state index in [2.05, 4.69) is 25.1 Å². The topological polar surface area (TPSA) is 120 Å². The molecule has 0 bridgehead atoms. The van der Waals surface area contributed by atoms with E-state index in [1.807, 2.05) is 18.7 Å². The van der Waals surface area contributed by atoms with E-state index in [-0.39, 0.29) is 11.7 Å². The number of furan rings is 1. The molecule has 0 aliphatic carbocycles. The molecule has 0 unspecified atom stereocenters. The zero-order chi connectivity index (χ0) is 18.7. The van der Waals surface area contributed by atoms with Crippen molar-refractivity contribution in [3.63, 3.8) is 0 Å². The van der Waals surface area contributed by atoms with Gasteiger partial charge in [0.05, 0.1) is 29.4 Å². The molecule has 1 aliphatic rings. The number of nitrogen functional groups attached to an aromatic ring is 1. The van der Waals surface area contributed by atoms with Crippen LogP contribution in [-0.4, -0.2) is 43.2 Å². The molecule has 0 amide bonds. The van der Waals surface area contributed by atoms with Gasteiger partial charge in [0.25, 0.3) is 0 Å². The molecule has 1 fully saturated rings. The number of rotatable bonds is 2. The van der Waals surface area contributed by atoms with Crippen LogP contribution in [0.4, 0.5) is 16.2 Å². The highest BCUT2D eigenvalue weighted by atomic mass is 19.1. The first-order valence-electron chi connectivity index (χ1n) is 8.43. The number of hydrogen-bond donors (Lipinski definition) is 1. The van der Waals surface area contributed by atoms with E-state index in [0.717, 1.165) is 29.0 Å². The first kappa shape index (κ1) is 15.8. The third kappa shape index (κ3) is 2.36. The van der Waals surface area contributed by atoms with Crippen molar-refractivity contribution in [2.45, 2.75) is 19.8 Å². The Labute approximate surface area is 152 Å². The van der Waals surface area contributed by atoms with Gasteiger partial charge in [0.1, 0.15) is 11.3 Å². The number of nitrogens with zero attached hydrogens (tertiary/aromatic N) is 7. The van der Waals surface area contributed by atoms with Crippen molar-refractivity contribution in [2.24, 2.45) is 0 Å². The van der Waals surface area contributed by atoms with Crippen LogP contribution in [-0.2, 0) is 0 Å². The lowest BCUT2D eigenvalue weighted by molar-refractivity contribution is 0.490. The highest BCUT2D eigenvalue weighted by Crippen LogP contribution is 2.34. The van der Waals surface area contributed by atoms with E-state index in [0.29, 0.717) is 41.7 Å². The molecule has 10 heteroatoms. The van der Waals surface area contributed by atoms with Gasteiger partial charge in [-0.05, 0) is 19.4 Å². The number of fused-ring (bicyclic) bond motifs is 3. The third-order valence-electron chi connectivity index (χ3n) is 4.90. The fraction of sp³-hybridized carbons (Fsp3) is 0.294. The van der Waals surface area contributed by atoms with E-state index in [9.17, 15) is 4.39 Å². The van der Waals surface area contributed by atoms with Crippen LogP contribution in [0.2, 0.25) is 0 Å². The zero-order valence-electron chi connectivity index (χ0n) is 14.6. The lowest BCUT2D eigenvalue weighted by atomic mass is 9.99. The van der Waals surface area contributed by atoms with E-state index < -0.39 is 5.82 Å². The van der Waals surface area contributed by atoms with Crippen LogP contribution < -0.4 is 10.6 Å². The van der Waals surface area contributed by atoms with Crippen LogP contribution in [0.1, 0.15) is 23.0 Å². The first-order valence-corrected chi connectivity index (χ1v) is 8.43. The maximum Gasteiger partial charge on any atom is 0.249 e. The standard InChI is InChI=1S/C17H15FN8O/c1-7-8(2)24-25-16-11(7)12-13(27-16)14(19)23-15(22-12)9-5-26(6-9)17-20-3-10(18)4-21-17/h3-4,9H,5-6H2,1-2H3,(H2,19,22,23). The Morgan fingerprint density at radius 3 is 2.63 bits per heavy atom. The van der Waals surface area contributed by atoms with Crippen LogP contribution in [0, 0.1) is 19.7 Å². The molecule has 4 aromatic heterocycles. The van der Waals surface area contributed by atoms with Crippen LogP contribution >= 0.6 is 0 Å². The summed E-state index contributed by atoms with van der Waals surface area (Å²) in [6.07, 6.45) is 2.31. The van der Waals surface area contributed by atoms with E-state index >= 15 is 0 Å². The second-order valence-corrected chi connectivity index (χ2v) is 6.64. The monoisotopic (exact) mass is 366 g/mol. The van der Waals surface area contributed by atoms with Gasteiger partial charge in [-0.15, -0.1) is 5.10 Å². The van der Waals surface area contributed by atoms with Crippen molar-refractivity contribution < 1.29 is 8.81 Å². The third-order valence-corrected chi connectivity index (χ3v) is 4.90. The van der Waals surface area contributed by atoms with Crippen molar-refractivity contribution >= 4 is 34.0 Å². The van der Waals surface area contributed by atoms with Gasteiger partial charge in [-0.2, -0.15) is 5.10 Å². The Hall–Kier alpha value is -3.43. The minimum absolute atomic E-state index is 0.0755. The van der Waals surface area contributed by atoms with Crippen LogP contribution in [0.3, 0.4) is 0 Å². The van der Waals surface area contributed by atoms with Crippen molar-refractivity contribution in [3.05, 3.63) is 35.3 Å². The second kappa shape index (κ2) is 5.53. The molecule has 0 saturated carbocycles.